The van der Waals surface area contributed by atoms with Gasteiger partial charge >= 0.3 is 12.3 Å². The first-order valence-corrected chi connectivity index (χ1v) is 5.80. The lowest BCUT2D eigenvalue weighted by Crippen LogP contribution is -2.17. The predicted molar refractivity (Wildman–Crippen MR) is 68.0 cm³/mol. The molecule has 8 heteroatoms. The van der Waals surface area contributed by atoms with Crippen molar-refractivity contribution in [3.8, 4) is 23.1 Å². The summed E-state index contributed by atoms with van der Waals surface area (Å²) in [6.45, 7) is 0. The van der Waals surface area contributed by atoms with Crippen LogP contribution in [0, 0.1) is 11.3 Å². The Kier molecular flexibility index (Phi) is 3.99. The number of aromatic carboxylic acids is 1. The van der Waals surface area contributed by atoms with Crippen molar-refractivity contribution in [1.82, 2.24) is 4.98 Å². The molecule has 0 amide bonds. The Morgan fingerprint density at radius 1 is 1.27 bits per heavy atom. The normalized spacial score (nSPS) is 10.8. The molecular weight excluding hydrogens is 301 g/mol. The van der Waals surface area contributed by atoms with Crippen molar-refractivity contribution in [1.29, 1.82) is 5.26 Å². The van der Waals surface area contributed by atoms with E-state index in [1.165, 1.54) is 24.4 Å². The largest absolute Gasteiger partial charge is 0.573 e. The maximum absolute atomic E-state index is 12.2. The van der Waals surface area contributed by atoms with Crippen LogP contribution in [-0.4, -0.2) is 22.4 Å². The fraction of sp³-hybridized carbons (Fsp3) is 0.0714. The highest BCUT2D eigenvalue weighted by atomic mass is 19.4. The number of nitrogens with zero attached hydrogens (tertiary/aromatic N) is 2. The number of carbonyl (C=O) groups is 1. The topological polar surface area (TPSA) is 83.2 Å². The summed E-state index contributed by atoms with van der Waals surface area (Å²) in [5, 5.41) is 17.8. The molecule has 22 heavy (non-hydrogen) atoms. The molecule has 0 radical (unpaired) electrons. The minimum absolute atomic E-state index is 0.0286. The Balaban J connectivity index is 2.44. The van der Waals surface area contributed by atoms with Crippen LogP contribution in [0.1, 0.15) is 15.9 Å². The summed E-state index contributed by atoms with van der Waals surface area (Å²) in [5.41, 5.74) is 0.153. The number of rotatable bonds is 3. The molecule has 0 atom stereocenters. The van der Waals surface area contributed by atoms with E-state index >= 15 is 0 Å². The van der Waals surface area contributed by atoms with E-state index in [-0.39, 0.29) is 16.8 Å². The van der Waals surface area contributed by atoms with Crippen LogP contribution in [0.5, 0.6) is 5.75 Å². The highest BCUT2D eigenvalue weighted by Crippen LogP contribution is 2.29. The standard InChI is InChI=1S/C14H7F3N2O3/c15-14(16,17)22-12-2-1-8(5-10(12)7-18)11-6-9(13(20)21)3-4-19-11/h1-6H,(H,20,21). The Bertz CT molecular complexity index is 767. The second kappa shape index (κ2) is 5.73. The molecule has 0 aliphatic carbocycles. The van der Waals surface area contributed by atoms with Crippen LogP contribution >= 0.6 is 0 Å². The van der Waals surface area contributed by atoms with Crippen LogP contribution in [0.25, 0.3) is 11.3 Å². The third-order valence-corrected chi connectivity index (χ3v) is 2.63. The van der Waals surface area contributed by atoms with Gasteiger partial charge in [0.05, 0.1) is 16.8 Å². The van der Waals surface area contributed by atoms with E-state index in [2.05, 4.69) is 9.72 Å². The molecule has 1 heterocycles. The Labute approximate surface area is 122 Å². The fourth-order valence-corrected chi connectivity index (χ4v) is 1.71. The number of pyridine rings is 1. The van der Waals surface area contributed by atoms with Crippen molar-refractivity contribution < 1.29 is 27.8 Å². The predicted octanol–water partition coefficient (Wildman–Crippen LogP) is 3.22. The van der Waals surface area contributed by atoms with Crippen LogP contribution in [0.2, 0.25) is 0 Å². The summed E-state index contributed by atoms with van der Waals surface area (Å²) in [4.78, 5) is 14.8. The van der Waals surface area contributed by atoms with Gasteiger partial charge in [-0.15, -0.1) is 13.2 Å². The summed E-state index contributed by atoms with van der Waals surface area (Å²) < 4.78 is 40.4. The summed E-state index contributed by atoms with van der Waals surface area (Å²) in [6, 6.07) is 7.52. The number of alkyl halides is 3. The molecule has 1 aromatic heterocycles. The van der Waals surface area contributed by atoms with E-state index in [9.17, 15) is 18.0 Å². The van der Waals surface area contributed by atoms with E-state index in [4.69, 9.17) is 10.4 Å². The number of halogens is 3. The van der Waals surface area contributed by atoms with Gasteiger partial charge < -0.3 is 9.84 Å². The van der Waals surface area contributed by atoms with Gasteiger partial charge in [-0.05, 0) is 30.3 Å². The van der Waals surface area contributed by atoms with Crippen molar-refractivity contribution in [3.05, 3.63) is 47.7 Å². The Hall–Kier alpha value is -3.08. The van der Waals surface area contributed by atoms with Crippen LogP contribution in [0.15, 0.2) is 36.5 Å². The van der Waals surface area contributed by atoms with Gasteiger partial charge in [0.15, 0.2) is 0 Å². The van der Waals surface area contributed by atoms with Crippen molar-refractivity contribution in [2.45, 2.75) is 6.36 Å². The molecule has 2 aromatic rings. The molecular formula is C14H7F3N2O3. The Morgan fingerprint density at radius 3 is 2.59 bits per heavy atom. The van der Waals surface area contributed by atoms with Gasteiger partial charge in [-0.25, -0.2) is 4.79 Å². The number of nitriles is 1. The van der Waals surface area contributed by atoms with Gasteiger partial charge in [0, 0.05) is 11.8 Å². The lowest BCUT2D eigenvalue weighted by molar-refractivity contribution is -0.274. The third-order valence-electron chi connectivity index (χ3n) is 2.63. The average molecular weight is 308 g/mol. The average Bonchev–Trinajstić information content (AvgIpc) is 2.46. The first-order valence-electron chi connectivity index (χ1n) is 5.80. The second-order valence-electron chi connectivity index (χ2n) is 4.11. The lowest BCUT2D eigenvalue weighted by atomic mass is 10.1. The van der Waals surface area contributed by atoms with Crippen molar-refractivity contribution in [2.24, 2.45) is 0 Å². The highest BCUT2D eigenvalue weighted by molar-refractivity contribution is 5.88. The molecule has 1 N–H and O–H groups in total. The maximum Gasteiger partial charge on any atom is 0.573 e. The van der Waals surface area contributed by atoms with Gasteiger partial charge in [-0.1, -0.05) is 0 Å². The molecule has 5 nitrogen and oxygen atoms in total. The molecule has 112 valence electrons. The van der Waals surface area contributed by atoms with Gasteiger partial charge in [0.25, 0.3) is 0 Å². The van der Waals surface area contributed by atoms with E-state index in [1.807, 2.05) is 0 Å². The second-order valence-corrected chi connectivity index (χ2v) is 4.11. The van der Waals surface area contributed by atoms with E-state index in [1.54, 1.807) is 6.07 Å². The first-order chi connectivity index (χ1) is 10.3. The molecule has 0 bridgehead atoms. The third kappa shape index (κ3) is 3.52. The SMILES string of the molecule is N#Cc1cc(-c2cc(C(=O)O)ccn2)ccc1OC(F)(F)F. The molecule has 1 aromatic carbocycles. The molecule has 0 aliphatic heterocycles. The quantitative estimate of drug-likeness (QED) is 0.941. The number of aromatic nitrogens is 1. The number of ether oxygens (including phenoxy) is 1. The van der Waals surface area contributed by atoms with Crippen LogP contribution in [0.3, 0.4) is 0 Å². The van der Waals surface area contributed by atoms with E-state index in [0.29, 0.717) is 5.56 Å². The number of carboxylic acid groups (broad SMARTS) is 1. The summed E-state index contributed by atoms with van der Waals surface area (Å²) in [7, 11) is 0. The smallest absolute Gasteiger partial charge is 0.478 e. The van der Waals surface area contributed by atoms with Crippen LogP contribution in [0.4, 0.5) is 13.2 Å². The van der Waals surface area contributed by atoms with E-state index < -0.39 is 18.1 Å². The summed E-state index contributed by atoms with van der Waals surface area (Å²) >= 11 is 0. The van der Waals surface area contributed by atoms with Gasteiger partial charge in [-0.3, -0.25) is 4.98 Å². The lowest BCUT2D eigenvalue weighted by Gasteiger charge is -2.11. The zero-order valence-electron chi connectivity index (χ0n) is 10.8. The van der Waals surface area contributed by atoms with Gasteiger partial charge in [0.1, 0.15) is 11.8 Å². The summed E-state index contributed by atoms with van der Waals surface area (Å²) in [5.74, 6) is -1.80. The van der Waals surface area contributed by atoms with Gasteiger partial charge in [0.2, 0.25) is 0 Å². The molecule has 2 rings (SSSR count). The van der Waals surface area contributed by atoms with Crippen molar-refractivity contribution in [3.63, 3.8) is 0 Å². The minimum atomic E-state index is -4.91. The minimum Gasteiger partial charge on any atom is -0.478 e. The van der Waals surface area contributed by atoms with Gasteiger partial charge in [-0.2, -0.15) is 5.26 Å². The van der Waals surface area contributed by atoms with Crippen molar-refractivity contribution in [2.75, 3.05) is 0 Å². The molecule has 0 unspecified atom stereocenters. The molecule has 0 saturated heterocycles. The highest BCUT2D eigenvalue weighted by Gasteiger charge is 2.32. The number of hydrogen-bond donors (Lipinski definition) is 1. The summed E-state index contributed by atoms with van der Waals surface area (Å²) in [6.07, 6.45) is -3.65. The number of carboxylic acids is 1. The maximum atomic E-state index is 12.2. The number of hydrogen-bond acceptors (Lipinski definition) is 4. The van der Waals surface area contributed by atoms with Crippen LogP contribution < -0.4 is 4.74 Å². The Morgan fingerprint density at radius 2 is 2.00 bits per heavy atom. The van der Waals surface area contributed by atoms with E-state index in [0.717, 1.165) is 12.1 Å². The molecule has 0 saturated carbocycles. The molecule has 0 spiro atoms. The van der Waals surface area contributed by atoms with Crippen LogP contribution in [-0.2, 0) is 0 Å². The zero-order chi connectivity index (χ0) is 16.3. The molecule has 0 aliphatic rings. The monoisotopic (exact) mass is 308 g/mol. The zero-order valence-corrected chi connectivity index (χ0v) is 10.8. The fourth-order valence-electron chi connectivity index (χ4n) is 1.71. The first kappa shape index (κ1) is 15.3. The number of benzene rings is 1. The van der Waals surface area contributed by atoms with Crippen molar-refractivity contribution >= 4 is 5.97 Å². The molecule has 0 fully saturated rings.